The highest BCUT2D eigenvalue weighted by Crippen LogP contribution is 2.21. The average Bonchev–Trinajstić information content (AvgIpc) is 2.39. The van der Waals surface area contributed by atoms with Gasteiger partial charge in [0.25, 0.3) is 0 Å². The molecule has 0 aliphatic carbocycles. The van der Waals surface area contributed by atoms with Gasteiger partial charge >= 0.3 is 0 Å². The third kappa shape index (κ3) is 2.74. The molecule has 0 aliphatic heterocycles. The lowest BCUT2D eigenvalue weighted by atomic mass is 10.2. The minimum Gasteiger partial charge on any atom is -0.328 e. The summed E-state index contributed by atoms with van der Waals surface area (Å²) >= 11 is 5.68. The first-order valence-electron chi connectivity index (χ1n) is 5.38. The minimum absolute atomic E-state index is 0.390. The maximum Gasteiger partial charge on any atom is 0.151 e. The lowest BCUT2D eigenvalue weighted by molar-refractivity contribution is 1.04. The Labute approximate surface area is 106 Å². The Hall–Kier alpha value is -1.61. The molecule has 0 bridgehead atoms. The van der Waals surface area contributed by atoms with Crippen LogP contribution in [0.1, 0.15) is 11.3 Å². The van der Waals surface area contributed by atoms with Crippen LogP contribution in [0.2, 0.25) is 0 Å². The third-order valence-corrected chi connectivity index (χ3v) is 2.87. The van der Waals surface area contributed by atoms with Gasteiger partial charge in [-0.2, -0.15) is 0 Å². The Balaban J connectivity index is 2.23. The maximum atomic E-state index is 5.68. The van der Waals surface area contributed by atoms with Crippen LogP contribution in [-0.2, 0) is 5.88 Å². The van der Waals surface area contributed by atoms with Crippen LogP contribution >= 0.6 is 11.6 Å². The van der Waals surface area contributed by atoms with Crippen molar-refractivity contribution in [1.82, 2.24) is 9.97 Å². The van der Waals surface area contributed by atoms with E-state index >= 15 is 0 Å². The first-order valence-corrected chi connectivity index (χ1v) is 5.91. The van der Waals surface area contributed by atoms with E-state index in [1.807, 2.05) is 11.9 Å². The first kappa shape index (κ1) is 11.9. The van der Waals surface area contributed by atoms with Crippen molar-refractivity contribution in [2.24, 2.45) is 0 Å². The molecule has 4 heteroatoms. The number of nitrogens with zero attached hydrogens (tertiary/aromatic N) is 3. The number of hydrogen-bond donors (Lipinski definition) is 0. The fourth-order valence-corrected chi connectivity index (χ4v) is 1.63. The van der Waals surface area contributed by atoms with E-state index in [4.69, 9.17) is 11.6 Å². The van der Waals surface area contributed by atoms with Crippen LogP contribution in [-0.4, -0.2) is 17.0 Å². The van der Waals surface area contributed by atoms with E-state index in [1.54, 1.807) is 12.4 Å². The Kier molecular flexibility index (Phi) is 3.59. The summed E-state index contributed by atoms with van der Waals surface area (Å²) in [5.74, 6) is 1.20. The van der Waals surface area contributed by atoms with Gasteiger partial charge in [-0.15, -0.1) is 11.6 Å². The van der Waals surface area contributed by atoms with Gasteiger partial charge in [0, 0.05) is 12.7 Å². The largest absolute Gasteiger partial charge is 0.328 e. The van der Waals surface area contributed by atoms with Gasteiger partial charge in [-0.1, -0.05) is 17.7 Å². The van der Waals surface area contributed by atoms with Crippen molar-refractivity contribution >= 4 is 23.1 Å². The second-order valence-electron chi connectivity index (χ2n) is 3.89. The molecule has 0 atom stereocenters. The van der Waals surface area contributed by atoms with Gasteiger partial charge in [0.05, 0.1) is 24.0 Å². The predicted octanol–water partition coefficient (Wildman–Crippen LogP) is 3.29. The molecule has 0 aliphatic rings. The van der Waals surface area contributed by atoms with Crippen molar-refractivity contribution in [3.63, 3.8) is 0 Å². The first-order chi connectivity index (χ1) is 8.20. The summed E-state index contributed by atoms with van der Waals surface area (Å²) in [4.78, 5) is 10.5. The van der Waals surface area contributed by atoms with Gasteiger partial charge < -0.3 is 4.90 Å². The Morgan fingerprint density at radius 3 is 2.35 bits per heavy atom. The number of hydrogen-bond acceptors (Lipinski definition) is 3. The smallest absolute Gasteiger partial charge is 0.151 e. The minimum atomic E-state index is 0.390. The van der Waals surface area contributed by atoms with Gasteiger partial charge in [-0.3, -0.25) is 4.98 Å². The number of aryl methyl sites for hydroxylation is 1. The van der Waals surface area contributed by atoms with E-state index in [9.17, 15) is 0 Å². The molecule has 0 saturated heterocycles. The number of halogens is 1. The van der Waals surface area contributed by atoms with E-state index in [1.165, 1.54) is 5.56 Å². The highest BCUT2D eigenvalue weighted by Gasteiger charge is 2.05. The van der Waals surface area contributed by atoms with Gasteiger partial charge in [0.15, 0.2) is 5.82 Å². The summed E-state index contributed by atoms with van der Waals surface area (Å²) in [6.07, 6.45) is 3.44. The highest BCUT2D eigenvalue weighted by atomic mass is 35.5. The molecular formula is C13H14ClN3. The molecule has 17 heavy (non-hydrogen) atoms. The number of anilines is 2. The molecule has 0 saturated carbocycles. The van der Waals surface area contributed by atoms with E-state index in [-0.39, 0.29) is 0 Å². The zero-order valence-corrected chi connectivity index (χ0v) is 10.6. The predicted molar refractivity (Wildman–Crippen MR) is 70.8 cm³/mol. The van der Waals surface area contributed by atoms with E-state index in [0.29, 0.717) is 5.88 Å². The van der Waals surface area contributed by atoms with Crippen LogP contribution in [0, 0.1) is 6.92 Å². The van der Waals surface area contributed by atoms with Crippen molar-refractivity contribution in [2.45, 2.75) is 12.8 Å². The fraction of sp³-hybridized carbons (Fsp3) is 0.231. The fourth-order valence-electron chi connectivity index (χ4n) is 1.49. The number of benzene rings is 1. The summed E-state index contributed by atoms with van der Waals surface area (Å²) < 4.78 is 0. The summed E-state index contributed by atoms with van der Waals surface area (Å²) in [6, 6.07) is 8.28. The van der Waals surface area contributed by atoms with Crippen molar-refractivity contribution in [3.8, 4) is 0 Å². The summed E-state index contributed by atoms with van der Waals surface area (Å²) in [6.45, 7) is 2.07. The molecule has 1 aromatic heterocycles. The molecule has 2 aromatic rings. The topological polar surface area (TPSA) is 29.0 Å². The van der Waals surface area contributed by atoms with Crippen LogP contribution in [0.4, 0.5) is 11.5 Å². The Morgan fingerprint density at radius 2 is 1.82 bits per heavy atom. The van der Waals surface area contributed by atoms with Gasteiger partial charge in [0.1, 0.15) is 0 Å². The van der Waals surface area contributed by atoms with Crippen molar-refractivity contribution in [2.75, 3.05) is 11.9 Å². The molecule has 88 valence electrons. The van der Waals surface area contributed by atoms with Gasteiger partial charge in [-0.25, -0.2) is 4.98 Å². The molecule has 1 heterocycles. The zero-order chi connectivity index (χ0) is 12.3. The second-order valence-corrected chi connectivity index (χ2v) is 4.16. The van der Waals surface area contributed by atoms with E-state index < -0.39 is 0 Å². The van der Waals surface area contributed by atoms with Gasteiger partial charge in [-0.05, 0) is 19.1 Å². The quantitative estimate of drug-likeness (QED) is 0.780. The van der Waals surface area contributed by atoms with E-state index in [2.05, 4.69) is 41.2 Å². The van der Waals surface area contributed by atoms with Crippen LogP contribution in [0.25, 0.3) is 0 Å². The van der Waals surface area contributed by atoms with Crippen LogP contribution in [0.5, 0.6) is 0 Å². The number of aromatic nitrogens is 2. The molecule has 0 spiro atoms. The molecule has 0 amide bonds. The maximum absolute atomic E-state index is 5.68. The molecule has 3 nitrogen and oxygen atoms in total. The molecule has 0 N–H and O–H groups in total. The highest BCUT2D eigenvalue weighted by molar-refractivity contribution is 6.16. The normalized spacial score (nSPS) is 10.3. The van der Waals surface area contributed by atoms with Gasteiger partial charge in [0.2, 0.25) is 0 Å². The molecule has 0 unspecified atom stereocenters. The SMILES string of the molecule is Cc1ccc(N(C)c2cnc(CCl)cn2)cc1. The molecule has 2 rings (SSSR count). The number of alkyl halides is 1. The Morgan fingerprint density at radius 1 is 1.12 bits per heavy atom. The average molecular weight is 248 g/mol. The molecule has 1 aromatic carbocycles. The molecular weight excluding hydrogens is 234 g/mol. The van der Waals surface area contributed by atoms with Crippen molar-refractivity contribution in [3.05, 3.63) is 47.9 Å². The third-order valence-electron chi connectivity index (χ3n) is 2.59. The summed E-state index contributed by atoms with van der Waals surface area (Å²) in [5, 5.41) is 0. The summed E-state index contributed by atoms with van der Waals surface area (Å²) in [5.41, 5.74) is 3.11. The lowest BCUT2D eigenvalue weighted by Crippen LogP contribution is -2.11. The molecule has 0 radical (unpaired) electrons. The van der Waals surface area contributed by atoms with E-state index in [0.717, 1.165) is 17.2 Å². The van der Waals surface area contributed by atoms with Crippen molar-refractivity contribution in [1.29, 1.82) is 0 Å². The van der Waals surface area contributed by atoms with Crippen molar-refractivity contribution < 1.29 is 0 Å². The zero-order valence-electron chi connectivity index (χ0n) is 9.89. The standard InChI is InChI=1S/C13H14ClN3/c1-10-3-5-12(6-4-10)17(2)13-9-15-11(7-14)8-16-13/h3-6,8-9H,7H2,1-2H3. The summed E-state index contributed by atoms with van der Waals surface area (Å²) in [7, 11) is 1.97. The van der Waals surface area contributed by atoms with Crippen LogP contribution < -0.4 is 4.90 Å². The van der Waals surface area contributed by atoms with Crippen LogP contribution in [0.15, 0.2) is 36.7 Å². The monoisotopic (exact) mass is 247 g/mol. The second kappa shape index (κ2) is 5.15. The Bertz CT molecular complexity index is 479. The molecule has 0 fully saturated rings. The van der Waals surface area contributed by atoms with Crippen LogP contribution in [0.3, 0.4) is 0 Å². The lowest BCUT2D eigenvalue weighted by Gasteiger charge is -2.18. The number of rotatable bonds is 3.